The minimum Gasteiger partial charge on any atom is -0.396 e. The molecule has 5 aliphatic rings. The Balaban J connectivity index is 1.31. The lowest BCUT2D eigenvalue weighted by Crippen LogP contribution is -2.60. The molecule has 4 aliphatic carbocycles. The van der Waals surface area contributed by atoms with Gasteiger partial charge in [-0.15, -0.1) is 0 Å². The van der Waals surface area contributed by atoms with Gasteiger partial charge in [-0.1, -0.05) is 13.8 Å². The fourth-order valence-electron chi connectivity index (χ4n) is 7.61. The predicted molar refractivity (Wildman–Crippen MR) is 99.1 cm³/mol. The second-order valence-electron chi connectivity index (χ2n) is 10.6. The molecule has 2 atom stereocenters. The molecule has 4 bridgehead atoms. The van der Waals surface area contributed by atoms with Crippen LogP contribution >= 0.6 is 0 Å². The SMILES string of the molecule is CC12CC3CC(C)(C1)CC(C(=O)NCCN1CCC(CO)CC1)(C3)C2. The predicted octanol–water partition coefficient (Wildman–Crippen LogP) is 2.80. The number of aliphatic hydroxyl groups is 1. The topological polar surface area (TPSA) is 52.6 Å². The summed E-state index contributed by atoms with van der Waals surface area (Å²) in [5.41, 5.74) is 0.724. The van der Waals surface area contributed by atoms with Gasteiger partial charge in [0, 0.05) is 19.7 Å². The molecule has 1 aliphatic heterocycles. The number of nitrogens with one attached hydrogen (secondary N) is 1. The molecule has 0 aromatic carbocycles. The Kier molecular flexibility index (Phi) is 4.43. The van der Waals surface area contributed by atoms with Crippen molar-refractivity contribution in [1.29, 1.82) is 0 Å². The second kappa shape index (κ2) is 6.23. The van der Waals surface area contributed by atoms with E-state index in [0.29, 0.717) is 29.3 Å². The Morgan fingerprint density at radius 3 is 2.28 bits per heavy atom. The first-order valence-electron chi connectivity index (χ1n) is 10.5. The van der Waals surface area contributed by atoms with Crippen molar-refractivity contribution in [3.63, 3.8) is 0 Å². The summed E-state index contributed by atoms with van der Waals surface area (Å²) in [6, 6.07) is 0. The van der Waals surface area contributed by atoms with E-state index in [1.165, 1.54) is 19.3 Å². The van der Waals surface area contributed by atoms with Gasteiger partial charge in [-0.05, 0) is 87.1 Å². The van der Waals surface area contributed by atoms with Crippen molar-refractivity contribution in [2.24, 2.45) is 28.1 Å². The van der Waals surface area contributed by atoms with Crippen molar-refractivity contribution >= 4 is 5.91 Å². The van der Waals surface area contributed by atoms with E-state index in [1.807, 2.05) is 0 Å². The first kappa shape index (κ1) is 17.8. The number of nitrogens with zero attached hydrogens (tertiary/aromatic N) is 1. The molecule has 5 rings (SSSR count). The lowest BCUT2D eigenvalue weighted by Gasteiger charge is -2.64. The maximum absolute atomic E-state index is 13.2. The van der Waals surface area contributed by atoms with Crippen LogP contribution in [0.4, 0.5) is 0 Å². The average molecular weight is 349 g/mol. The Morgan fingerprint density at radius 2 is 1.72 bits per heavy atom. The van der Waals surface area contributed by atoms with Gasteiger partial charge in [-0.25, -0.2) is 0 Å². The Morgan fingerprint density at radius 1 is 1.08 bits per heavy atom. The van der Waals surface area contributed by atoms with Gasteiger partial charge in [0.2, 0.25) is 5.91 Å². The number of carbonyl (C=O) groups excluding carboxylic acids is 1. The highest BCUT2D eigenvalue weighted by molar-refractivity contribution is 5.83. The van der Waals surface area contributed by atoms with Crippen molar-refractivity contribution in [3.05, 3.63) is 0 Å². The highest BCUT2D eigenvalue weighted by atomic mass is 16.3. The molecule has 1 heterocycles. The standard InChI is InChI=1S/C21H36N2O2/c1-19-9-17-10-20(2,13-19)15-21(11-17,14-19)18(25)22-5-8-23-6-3-16(12-24)4-7-23/h16-17,24H,3-15H2,1-2H3,(H,22,25). The molecule has 1 amide bonds. The van der Waals surface area contributed by atoms with Crippen LogP contribution in [-0.2, 0) is 4.79 Å². The Hall–Kier alpha value is -0.610. The summed E-state index contributed by atoms with van der Waals surface area (Å²) in [6.45, 7) is 9.05. The Bertz CT molecular complexity index is 508. The smallest absolute Gasteiger partial charge is 0.226 e. The molecule has 0 aromatic heterocycles. The van der Waals surface area contributed by atoms with Crippen molar-refractivity contribution in [1.82, 2.24) is 10.2 Å². The van der Waals surface area contributed by atoms with Crippen LogP contribution in [0.5, 0.6) is 0 Å². The summed E-state index contributed by atoms with van der Waals surface area (Å²) in [5.74, 6) is 1.60. The van der Waals surface area contributed by atoms with Crippen LogP contribution in [0.2, 0.25) is 0 Å². The third-order valence-corrected chi connectivity index (χ3v) is 7.79. The third-order valence-electron chi connectivity index (χ3n) is 7.79. The van der Waals surface area contributed by atoms with Gasteiger partial charge in [0.05, 0.1) is 5.41 Å². The molecular weight excluding hydrogens is 312 g/mol. The van der Waals surface area contributed by atoms with E-state index < -0.39 is 0 Å². The summed E-state index contributed by atoms with van der Waals surface area (Å²) in [7, 11) is 0. The largest absolute Gasteiger partial charge is 0.396 e. The third kappa shape index (κ3) is 3.37. The maximum atomic E-state index is 13.2. The normalized spacial score (nSPS) is 44.2. The molecule has 142 valence electrons. The van der Waals surface area contributed by atoms with E-state index in [2.05, 4.69) is 24.1 Å². The Labute approximate surface area is 152 Å². The van der Waals surface area contributed by atoms with E-state index in [1.54, 1.807) is 0 Å². The minimum atomic E-state index is -0.0766. The van der Waals surface area contributed by atoms with Crippen molar-refractivity contribution < 1.29 is 9.90 Å². The van der Waals surface area contributed by atoms with Crippen LogP contribution in [0, 0.1) is 28.1 Å². The lowest BCUT2D eigenvalue weighted by atomic mass is 9.40. The maximum Gasteiger partial charge on any atom is 0.226 e. The summed E-state index contributed by atoms with van der Waals surface area (Å²) in [4.78, 5) is 15.6. The monoisotopic (exact) mass is 348 g/mol. The molecule has 25 heavy (non-hydrogen) atoms. The van der Waals surface area contributed by atoms with E-state index in [0.717, 1.165) is 64.2 Å². The van der Waals surface area contributed by atoms with E-state index >= 15 is 0 Å². The van der Waals surface area contributed by atoms with Crippen LogP contribution in [0.25, 0.3) is 0 Å². The first-order chi connectivity index (χ1) is 11.8. The van der Waals surface area contributed by atoms with Crippen LogP contribution in [0.1, 0.15) is 65.2 Å². The zero-order valence-electron chi connectivity index (χ0n) is 16.1. The summed E-state index contributed by atoms with van der Waals surface area (Å²) in [6.07, 6.45) is 9.55. The van der Waals surface area contributed by atoms with Crippen molar-refractivity contribution in [2.75, 3.05) is 32.8 Å². The van der Waals surface area contributed by atoms with Crippen LogP contribution in [0.15, 0.2) is 0 Å². The lowest BCUT2D eigenvalue weighted by molar-refractivity contribution is -0.170. The van der Waals surface area contributed by atoms with Crippen molar-refractivity contribution in [2.45, 2.75) is 65.2 Å². The molecule has 2 N–H and O–H groups in total. The van der Waals surface area contributed by atoms with Gasteiger partial charge >= 0.3 is 0 Å². The molecule has 4 heteroatoms. The molecule has 0 aromatic rings. The molecule has 0 spiro atoms. The fourth-order valence-corrected chi connectivity index (χ4v) is 7.61. The average Bonchev–Trinajstić information content (AvgIpc) is 2.52. The number of rotatable bonds is 5. The molecule has 0 radical (unpaired) electrons. The second-order valence-corrected chi connectivity index (χ2v) is 10.6. The van der Waals surface area contributed by atoms with Crippen LogP contribution < -0.4 is 5.32 Å². The summed E-state index contributed by atoms with van der Waals surface area (Å²) >= 11 is 0. The minimum absolute atomic E-state index is 0.0766. The zero-order valence-corrected chi connectivity index (χ0v) is 16.1. The van der Waals surface area contributed by atoms with E-state index in [-0.39, 0.29) is 5.41 Å². The van der Waals surface area contributed by atoms with E-state index in [4.69, 9.17) is 0 Å². The van der Waals surface area contributed by atoms with Gasteiger partial charge in [0.25, 0.3) is 0 Å². The van der Waals surface area contributed by atoms with E-state index in [9.17, 15) is 9.90 Å². The number of hydrogen-bond donors (Lipinski definition) is 2. The molecule has 5 fully saturated rings. The summed E-state index contributed by atoms with van der Waals surface area (Å²) in [5, 5.41) is 12.6. The molecular formula is C21H36N2O2. The van der Waals surface area contributed by atoms with Crippen LogP contribution in [-0.4, -0.2) is 48.7 Å². The zero-order chi connectivity index (χ0) is 17.7. The fraction of sp³-hybridized carbons (Fsp3) is 0.952. The van der Waals surface area contributed by atoms with Gasteiger partial charge in [-0.3, -0.25) is 4.79 Å². The molecule has 2 unspecified atom stereocenters. The molecule has 1 saturated heterocycles. The number of likely N-dealkylation sites (tertiary alicyclic amines) is 1. The first-order valence-corrected chi connectivity index (χ1v) is 10.5. The van der Waals surface area contributed by atoms with Gasteiger partial charge in [-0.2, -0.15) is 0 Å². The van der Waals surface area contributed by atoms with Gasteiger partial charge in [0.1, 0.15) is 0 Å². The highest BCUT2D eigenvalue weighted by Gasteiger charge is 2.62. The number of aliphatic hydroxyl groups excluding tert-OH is 1. The number of piperidine rings is 1. The van der Waals surface area contributed by atoms with Gasteiger partial charge in [0.15, 0.2) is 0 Å². The van der Waals surface area contributed by atoms with Crippen molar-refractivity contribution in [3.8, 4) is 0 Å². The number of carbonyl (C=O) groups is 1. The molecule has 4 saturated carbocycles. The quantitative estimate of drug-likeness (QED) is 0.803. The molecule has 4 nitrogen and oxygen atoms in total. The van der Waals surface area contributed by atoms with Gasteiger partial charge < -0.3 is 15.3 Å². The number of amides is 1. The summed E-state index contributed by atoms with van der Waals surface area (Å²) < 4.78 is 0. The van der Waals surface area contributed by atoms with Crippen LogP contribution in [0.3, 0.4) is 0 Å². The number of hydrogen-bond acceptors (Lipinski definition) is 3. The highest BCUT2D eigenvalue weighted by Crippen LogP contribution is 2.69.